The maximum absolute atomic E-state index is 11.8. The molecule has 9 heavy (non-hydrogen) atoms. The van der Waals surface area contributed by atoms with Crippen molar-refractivity contribution in [3.8, 4) is 0 Å². The Morgan fingerprint density at radius 1 is 1.22 bits per heavy atom. The Kier molecular flexibility index (Phi) is 2.73. The fraction of sp³-hybridized carbons (Fsp3) is 1.00. The normalized spacial score (nSPS) is 13.2. The van der Waals surface area contributed by atoms with Crippen LogP contribution in [0, 0.1) is 0 Å². The second-order valence-electron chi connectivity index (χ2n) is 1.77. The van der Waals surface area contributed by atoms with E-state index in [4.69, 9.17) is 0 Å². The highest BCUT2D eigenvalue weighted by Gasteiger charge is 2.27. The highest BCUT2D eigenvalue weighted by Crippen LogP contribution is 2.51. The number of halogens is 2. The SMILES string of the molecule is CN(C)N(C)P(=O)(F)F. The lowest BCUT2D eigenvalue weighted by Gasteiger charge is -2.20. The Balaban J connectivity index is 4.05. The molecule has 0 unspecified atom stereocenters. The predicted molar refractivity (Wildman–Crippen MR) is 31.3 cm³/mol. The molecular formula is C3H9F2N2OP. The lowest BCUT2D eigenvalue weighted by molar-refractivity contribution is 0.135. The Bertz CT molecular complexity index is 134. The van der Waals surface area contributed by atoms with Crippen molar-refractivity contribution < 1.29 is 13.0 Å². The van der Waals surface area contributed by atoms with Crippen molar-refractivity contribution in [3.63, 3.8) is 0 Å². The van der Waals surface area contributed by atoms with Gasteiger partial charge in [0.1, 0.15) is 0 Å². The van der Waals surface area contributed by atoms with Crippen molar-refractivity contribution in [1.82, 2.24) is 9.79 Å². The van der Waals surface area contributed by atoms with Crippen LogP contribution in [0.3, 0.4) is 0 Å². The molecule has 0 spiro atoms. The van der Waals surface area contributed by atoms with Crippen molar-refractivity contribution in [3.05, 3.63) is 0 Å². The molecule has 0 fully saturated rings. The highest BCUT2D eigenvalue weighted by molar-refractivity contribution is 7.50. The molecule has 0 saturated carbocycles. The van der Waals surface area contributed by atoms with Crippen LogP contribution in [0.1, 0.15) is 0 Å². The predicted octanol–water partition coefficient (Wildman–Crippen LogP) is 1.44. The number of hydrogen-bond acceptors (Lipinski definition) is 2. The molecule has 0 amide bonds. The molecule has 0 radical (unpaired) electrons. The fourth-order valence-electron chi connectivity index (χ4n) is 0.208. The smallest absolute Gasteiger partial charge is 0.238 e. The number of nitrogens with zero attached hydrogens (tertiary/aromatic N) is 2. The lowest BCUT2D eigenvalue weighted by atomic mass is 11.1. The average molecular weight is 158 g/mol. The third-order valence-electron chi connectivity index (χ3n) is 0.916. The van der Waals surface area contributed by atoms with Crippen LogP contribution in [0.4, 0.5) is 8.39 Å². The van der Waals surface area contributed by atoms with Crippen LogP contribution in [-0.4, -0.2) is 30.9 Å². The second-order valence-corrected chi connectivity index (χ2v) is 3.22. The van der Waals surface area contributed by atoms with Gasteiger partial charge < -0.3 is 0 Å². The van der Waals surface area contributed by atoms with Gasteiger partial charge >= 0.3 is 7.91 Å². The van der Waals surface area contributed by atoms with Crippen molar-refractivity contribution >= 4 is 7.91 Å². The first-order valence-corrected chi connectivity index (χ1v) is 3.70. The van der Waals surface area contributed by atoms with Gasteiger partial charge in [0.25, 0.3) is 0 Å². The molecule has 0 N–H and O–H groups in total. The van der Waals surface area contributed by atoms with E-state index in [0.29, 0.717) is 4.78 Å². The molecule has 0 bridgehead atoms. The maximum atomic E-state index is 11.8. The molecule has 0 aromatic rings. The minimum atomic E-state index is -5.05. The van der Waals surface area contributed by atoms with Crippen LogP contribution in [-0.2, 0) is 4.57 Å². The summed E-state index contributed by atoms with van der Waals surface area (Å²) in [7, 11) is -1.19. The third kappa shape index (κ3) is 2.89. The summed E-state index contributed by atoms with van der Waals surface area (Å²) in [6, 6.07) is 0. The molecule has 0 atom stereocenters. The van der Waals surface area contributed by atoms with E-state index in [9.17, 15) is 13.0 Å². The van der Waals surface area contributed by atoms with Crippen LogP contribution in [0.25, 0.3) is 0 Å². The third-order valence-corrected chi connectivity index (χ3v) is 1.95. The molecule has 0 saturated heterocycles. The molecule has 6 heteroatoms. The van der Waals surface area contributed by atoms with Gasteiger partial charge in [-0.25, -0.2) is 9.57 Å². The van der Waals surface area contributed by atoms with Gasteiger partial charge in [0.2, 0.25) is 0 Å². The van der Waals surface area contributed by atoms with Crippen LogP contribution >= 0.6 is 7.91 Å². The summed E-state index contributed by atoms with van der Waals surface area (Å²) in [6.07, 6.45) is 0. The van der Waals surface area contributed by atoms with Gasteiger partial charge in [-0.05, 0) is 0 Å². The highest BCUT2D eigenvalue weighted by atomic mass is 31.2. The zero-order valence-corrected chi connectivity index (χ0v) is 6.40. The summed E-state index contributed by atoms with van der Waals surface area (Å²) in [5.41, 5.74) is 0. The van der Waals surface area contributed by atoms with E-state index in [1.165, 1.54) is 14.1 Å². The first kappa shape index (κ1) is 9.01. The molecule has 56 valence electrons. The first-order chi connectivity index (χ1) is 3.85. The van der Waals surface area contributed by atoms with E-state index in [0.717, 1.165) is 12.1 Å². The topological polar surface area (TPSA) is 23.6 Å². The quantitative estimate of drug-likeness (QED) is 0.448. The van der Waals surface area contributed by atoms with Crippen LogP contribution in [0.15, 0.2) is 0 Å². The van der Waals surface area contributed by atoms with Crippen LogP contribution in [0.2, 0.25) is 0 Å². The summed E-state index contributed by atoms with van der Waals surface area (Å²) in [5, 5.41) is 1.07. The van der Waals surface area contributed by atoms with Crippen molar-refractivity contribution in [1.29, 1.82) is 0 Å². The van der Waals surface area contributed by atoms with Gasteiger partial charge in [0.05, 0.1) is 0 Å². The molecule has 0 heterocycles. The summed E-state index contributed by atoms with van der Waals surface area (Å²) in [5.74, 6) is 0. The molecule has 0 aromatic heterocycles. The second kappa shape index (κ2) is 2.73. The van der Waals surface area contributed by atoms with Gasteiger partial charge in [-0.2, -0.15) is 0 Å². The fourth-order valence-corrected chi connectivity index (χ4v) is 0.625. The number of hydrazine groups is 1. The number of hydrogen-bond donors (Lipinski definition) is 0. The van der Waals surface area contributed by atoms with Gasteiger partial charge in [-0.3, -0.25) is 0 Å². The molecule has 0 rings (SSSR count). The summed E-state index contributed by atoms with van der Waals surface area (Å²) >= 11 is 0. The molecule has 0 aliphatic carbocycles. The molecule has 0 aromatic carbocycles. The minimum Gasteiger partial charge on any atom is -0.238 e. The van der Waals surface area contributed by atoms with Crippen molar-refractivity contribution in [2.75, 3.05) is 21.1 Å². The molecular weight excluding hydrogens is 149 g/mol. The molecule has 0 aliphatic heterocycles. The Morgan fingerprint density at radius 3 is 1.56 bits per heavy atom. The van der Waals surface area contributed by atoms with Crippen LogP contribution < -0.4 is 0 Å². The first-order valence-electron chi connectivity index (χ1n) is 2.26. The average Bonchev–Trinajstić information content (AvgIpc) is 1.62. The van der Waals surface area contributed by atoms with E-state index < -0.39 is 7.91 Å². The Labute approximate surface area is 52.9 Å². The van der Waals surface area contributed by atoms with E-state index in [2.05, 4.69) is 0 Å². The molecule has 0 aliphatic rings. The Hall–Kier alpha value is 0.01000. The standard InChI is InChI=1S/C3H9F2N2OP/c1-6(2)7(3)9(4,5)8/h1-3H3. The molecule has 3 nitrogen and oxygen atoms in total. The van der Waals surface area contributed by atoms with Crippen molar-refractivity contribution in [2.45, 2.75) is 0 Å². The Morgan fingerprint density at radius 2 is 1.56 bits per heavy atom. The maximum Gasteiger partial charge on any atom is 0.496 e. The lowest BCUT2D eigenvalue weighted by Crippen LogP contribution is -2.27. The van der Waals surface area contributed by atoms with E-state index >= 15 is 0 Å². The van der Waals surface area contributed by atoms with E-state index in [1.54, 1.807) is 0 Å². The van der Waals surface area contributed by atoms with E-state index in [1.807, 2.05) is 0 Å². The van der Waals surface area contributed by atoms with Gasteiger partial charge in [0, 0.05) is 21.1 Å². The largest absolute Gasteiger partial charge is 0.496 e. The van der Waals surface area contributed by atoms with E-state index in [-0.39, 0.29) is 0 Å². The summed E-state index contributed by atoms with van der Waals surface area (Å²) in [4.78, 5) is 0. The zero-order chi connectivity index (χ0) is 7.65. The monoisotopic (exact) mass is 158 g/mol. The van der Waals surface area contributed by atoms with Gasteiger partial charge in [-0.1, -0.05) is 0 Å². The van der Waals surface area contributed by atoms with Gasteiger partial charge in [0.15, 0.2) is 0 Å². The summed E-state index contributed by atoms with van der Waals surface area (Å²) in [6.45, 7) is 0. The van der Waals surface area contributed by atoms with Crippen LogP contribution in [0.5, 0.6) is 0 Å². The minimum absolute atomic E-state index is 0.410. The number of rotatable bonds is 2. The zero-order valence-electron chi connectivity index (χ0n) is 5.51. The van der Waals surface area contributed by atoms with Crippen molar-refractivity contribution in [2.24, 2.45) is 0 Å². The van der Waals surface area contributed by atoms with Gasteiger partial charge in [-0.15, -0.1) is 13.2 Å². The summed E-state index contributed by atoms with van der Waals surface area (Å²) < 4.78 is 33.9.